The first kappa shape index (κ1) is 15.8. The average Bonchev–Trinajstić information content (AvgIpc) is 2.30. The van der Waals surface area contributed by atoms with E-state index in [9.17, 15) is 9.59 Å². The van der Waals surface area contributed by atoms with Crippen LogP contribution >= 0.6 is 11.8 Å². The molecular weight excluding hydrogens is 240 g/mol. The normalized spacial score (nSPS) is 12.3. The number of hydrogen-bond donors (Lipinski definition) is 1. The van der Waals surface area contributed by atoms with Gasteiger partial charge >= 0.3 is 11.9 Å². The highest BCUT2D eigenvalue weighted by molar-refractivity contribution is 7.99. The number of unbranched alkanes of at least 4 members (excludes halogenated alkanes) is 1. The zero-order chi connectivity index (χ0) is 13.1. The Hall–Kier alpha value is -1.23. The van der Waals surface area contributed by atoms with E-state index in [1.165, 1.54) is 23.9 Å². The van der Waals surface area contributed by atoms with Crippen molar-refractivity contribution in [2.45, 2.75) is 25.9 Å². The molecule has 0 bridgehead atoms. The van der Waals surface area contributed by atoms with Gasteiger partial charge in [0.05, 0.1) is 0 Å². The predicted molar refractivity (Wildman–Crippen MR) is 69.1 cm³/mol. The summed E-state index contributed by atoms with van der Waals surface area (Å²) in [4.78, 5) is 22.0. The number of thioether (sulfide) groups is 1. The molecule has 1 atom stereocenters. The summed E-state index contributed by atoms with van der Waals surface area (Å²) in [5.41, 5.74) is 0. The van der Waals surface area contributed by atoms with E-state index >= 15 is 0 Å². The minimum Gasteiger partial charge on any atom is -0.478 e. The molecule has 0 heterocycles. The summed E-state index contributed by atoms with van der Waals surface area (Å²) < 4.78 is 4.80. The van der Waals surface area contributed by atoms with E-state index in [1.54, 1.807) is 0 Å². The summed E-state index contributed by atoms with van der Waals surface area (Å²) in [5, 5.41) is 8.87. The van der Waals surface area contributed by atoms with Crippen molar-refractivity contribution in [3.05, 3.63) is 24.8 Å². The smallest absolute Gasteiger partial charge is 0.345 e. The maximum Gasteiger partial charge on any atom is 0.345 e. The summed E-state index contributed by atoms with van der Waals surface area (Å²) in [6, 6.07) is 0. The second-order valence-corrected chi connectivity index (χ2v) is 4.44. The first-order valence-electron chi connectivity index (χ1n) is 5.42. The Labute approximate surface area is 106 Å². The molecule has 0 aliphatic rings. The lowest BCUT2D eigenvalue weighted by atomic mass is 10.4. The molecule has 0 aliphatic heterocycles. The summed E-state index contributed by atoms with van der Waals surface area (Å²) in [5.74, 6) is -0.619. The fourth-order valence-electron chi connectivity index (χ4n) is 0.919. The first-order valence-corrected chi connectivity index (χ1v) is 6.57. The zero-order valence-electron chi connectivity index (χ0n) is 9.93. The molecule has 1 N–H and O–H groups in total. The van der Waals surface area contributed by atoms with Crippen molar-refractivity contribution in [2.24, 2.45) is 0 Å². The van der Waals surface area contributed by atoms with Crippen molar-refractivity contribution < 1.29 is 19.4 Å². The Morgan fingerprint density at radius 2 is 2.24 bits per heavy atom. The van der Waals surface area contributed by atoms with Gasteiger partial charge in [0.15, 0.2) is 0 Å². The van der Waals surface area contributed by atoms with E-state index in [4.69, 9.17) is 9.84 Å². The summed E-state index contributed by atoms with van der Waals surface area (Å²) in [6.07, 6.45) is 4.99. The zero-order valence-corrected chi connectivity index (χ0v) is 10.7. The van der Waals surface area contributed by atoms with Gasteiger partial charge in [-0.3, -0.25) is 0 Å². The van der Waals surface area contributed by atoms with E-state index in [-0.39, 0.29) is 5.75 Å². The van der Waals surface area contributed by atoms with E-state index in [0.29, 0.717) is 0 Å². The fourth-order valence-corrected chi connectivity index (χ4v) is 2.00. The van der Waals surface area contributed by atoms with Gasteiger partial charge in [-0.05, 0) is 12.2 Å². The lowest BCUT2D eigenvalue weighted by molar-refractivity contribution is -0.158. The van der Waals surface area contributed by atoms with Crippen molar-refractivity contribution in [1.82, 2.24) is 0 Å². The number of carbonyl (C=O) groups excluding carboxylic acids is 1. The minimum atomic E-state index is -1.12. The number of aliphatic carboxylic acids is 1. The minimum absolute atomic E-state index is 0.281. The lowest BCUT2D eigenvalue weighted by Crippen LogP contribution is -2.28. The van der Waals surface area contributed by atoms with Gasteiger partial charge in [-0.15, -0.1) is 0 Å². The van der Waals surface area contributed by atoms with Crippen molar-refractivity contribution in [2.75, 3.05) is 11.5 Å². The average molecular weight is 258 g/mol. The fraction of sp³-hybridized carbons (Fsp3) is 0.500. The van der Waals surface area contributed by atoms with E-state index in [1.807, 2.05) is 0 Å². The second-order valence-electron chi connectivity index (χ2n) is 3.29. The number of carboxylic acids is 1. The van der Waals surface area contributed by atoms with Gasteiger partial charge in [-0.1, -0.05) is 32.1 Å². The number of hydrogen-bond acceptors (Lipinski definition) is 4. The lowest BCUT2D eigenvalue weighted by Gasteiger charge is -2.11. The monoisotopic (exact) mass is 258 g/mol. The molecule has 1 unspecified atom stereocenters. The van der Waals surface area contributed by atoms with Gasteiger partial charge in [-0.2, -0.15) is 11.8 Å². The number of ether oxygens (including phenoxy) is 1. The first-order chi connectivity index (χ1) is 8.11. The summed E-state index contributed by atoms with van der Waals surface area (Å²) in [7, 11) is 0. The van der Waals surface area contributed by atoms with E-state index in [0.717, 1.165) is 24.7 Å². The molecule has 0 saturated heterocycles. The number of carbonyl (C=O) groups is 2. The molecule has 0 fully saturated rings. The van der Waals surface area contributed by atoms with Crippen molar-refractivity contribution in [3.63, 3.8) is 0 Å². The molecule has 0 aliphatic carbocycles. The molecule has 0 aromatic carbocycles. The molecular formula is C12H18O4S. The Balaban J connectivity index is 4.06. The third-order valence-corrected chi connectivity index (χ3v) is 2.93. The van der Waals surface area contributed by atoms with Crippen LogP contribution in [0.15, 0.2) is 24.8 Å². The van der Waals surface area contributed by atoms with Crippen LogP contribution < -0.4 is 0 Å². The van der Waals surface area contributed by atoms with Crippen LogP contribution in [0.2, 0.25) is 0 Å². The molecule has 0 aromatic heterocycles. The van der Waals surface area contributed by atoms with E-state index < -0.39 is 18.0 Å². The summed E-state index contributed by atoms with van der Waals surface area (Å²) in [6.45, 7) is 5.47. The van der Waals surface area contributed by atoms with Crippen LogP contribution in [0.5, 0.6) is 0 Å². The quantitative estimate of drug-likeness (QED) is 0.297. The third-order valence-electron chi connectivity index (χ3n) is 1.81. The SMILES string of the molecule is C=C/C=C/C(=O)OC(CSCCCC)C(=O)O. The van der Waals surface area contributed by atoms with Crippen LogP contribution in [0.3, 0.4) is 0 Å². The van der Waals surface area contributed by atoms with Crippen LogP contribution in [0, 0.1) is 0 Å². The van der Waals surface area contributed by atoms with Gasteiger partial charge in [0, 0.05) is 11.8 Å². The number of carboxylic acid groups (broad SMARTS) is 1. The Kier molecular flexibility index (Phi) is 9.24. The van der Waals surface area contributed by atoms with Crippen molar-refractivity contribution >= 4 is 23.7 Å². The molecule has 0 saturated carbocycles. The number of allylic oxidation sites excluding steroid dienone is 2. The molecule has 0 rings (SSSR count). The van der Waals surface area contributed by atoms with Gasteiger partial charge < -0.3 is 9.84 Å². The van der Waals surface area contributed by atoms with Crippen LogP contribution in [0.1, 0.15) is 19.8 Å². The highest BCUT2D eigenvalue weighted by Crippen LogP contribution is 2.09. The van der Waals surface area contributed by atoms with Crippen LogP contribution in [-0.2, 0) is 14.3 Å². The highest BCUT2D eigenvalue weighted by atomic mass is 32.2. The van der Waals surface area contributed by atoms with Gasteiger partial charge in [0.2, 0.25) is 6.10 Å². The molecule has 17 heavy (non-hydrogen) atoms. The van der Waals surface area contributed by atoms with Crippen LogP contribution in [0.4, 0.5) is 0 Å². The molecule has 0 radical (unpaired) electrons. The van der Waals surface area contributed by atoms with Crippen molar-refractivity contribution in [3.8, 4) is 0 Å². The largest absolute Gasteiger partial charge is 0.478 e. The molecule has 0 spiro atoms. The van der Waals surface area contributed by atoms with Gasteiger partial charge in [0.1, 0.15) is 0 Å². The van der Waals surface area contributed by atoms with E-state index in [2.05, 4.69) is 13.5 Å². The Morgan fingerprint density at radius 1 is 1.53 bits per heavy atom. The Morgan fingerprint density at radius 3 is 2.76 bits per heavy atom. The third kappa shape index (κ3) is 8.56. The number of esters is 1. The van der Waals surface area contributed by atoms with Gasteiger partial charge in [0.25, 0.3) is 0 Å². The van der Waals surface area contributed by atoms with Crippen LogP contribution in [0.25, 0.3) is 0 Å². The molecule has 5 heteroatoms. The number of rotatable bonds is 9. The van der Waals surface area contributed by atoms with Crippen molar-refractivity contribution in [1.29, 1.82) is 0 Å². The maximum absolute atomic E-state index is 11.2. The summed E-state index contributed by atoms with van der Waals surface area (Å²) >= 11 is 1.48. The maximum atomic E-state index is 11.2. The predicted octanol–water partition coefficient (Wildman–Crippen LogP) is 2.26. The molecule has 96 valence electrons. The van der Waals surface area contributed by atoms with Gasteiger partial charge in [-0.25, -0.2) is 9.59 Å². The molecule has 4 nitrogen and oxygen atoms in total. The van der Waals surface area contributed by atoms with Crippen LogP contribution in [-0.4, -0.2) is 34.7 Å². The second kappa shape index (κ2) is 9.96. The highest BCUT2D eigenvalue weighted by Gasteiger charge is 2.20. The Bertz CT molecular complexity index is 286. The molecule has 0 aromatic rings. The topological polar surface area (TPSA) is 63.6 Å². The molecule has 0 amide bonds. The standard InChI is InChI=1S/C12H18O4S/c1-3-5-7-11(13)16-10(12(14)15)9-17-8-6-4-2/h3,5,7,10H,1,4,6,8-9H2,2H3,(H,14,15)/b7-5+.